The summed E-state index contributed by atoms with van der Waals surface area (Å²) >= 11 is 0. The molecule has 18 heavy (non-hydrogen) atoms. The van der Waals surface area contributed by atoms with Crippen molar-refractivity contribution in [1.29, 1.82) is 0 Å². The van der Waals surface area contributed by atoms with E-state index in [0.29, 0.717) is 6.42 Å². The molecule has 0 unspecified atom stereocenters. The monoisotopic (exact) mass is 284 g/mol. The molecule has 5 heteroatoms. The summed E-state index contributed by atoms with van der Waals surface area (Å²) < 4.78 is 1.99. The van der Waals surface area contributed by atoms with Crippen LogP contribution in [0.4, 0.5) is 0 Å². The Morgan fingerprint density at radius 3 is 2.56 bits per heavy atom. The largest absolute Gasteiger partial charge is 1.00 e. The summed E-state index contributed by atoms with van der Waals surface area (Å²) in [7, 11) is 1.98. The van der Waals surface area contributed by atoms with Gasteiger partial charge < -0.3 is 29.9 Å². The number of nitrogens with zero attached hydrogens (tertiary/aromatic N) is 2. The Bertz CT molecular complexity index is 464. The Morgan fingerprint density at radius 1 is 1.28 bits per heavy atom. The van der Waals surface area contributed by atoms with E-state index in [-0.39, 0.29) is 31.4 Å². The van der Waals surface area contributed by atoms with Crippen LogP contribution >= 0.6 is 0 Å². The van der Waals surface area contributed by atoms with E-state index >= 15 is 0 Å². The number of allylic oxidation sites excluding steroid dienone is 2. The molecule has 0 saturated carbocycles. The highest BCUT2D eigenvalue weighted by atomic mass is 35.5. The lowest BCUT2D eigenvalue weighted by atomic mass is 9.98. The summed E-state index contributed by atoms with van der Waals surface area (Å²) in [5.41, 5.74) is 3.17. The van der Waals surface area contributed by atoms with Gasteiger partial charge in [-0.05, 0) is 0 Å². The Kier molecular flexibility index (Phi) is 7.41. The van der Waals surface area contributed by atoms with Crippen LogP contribution in [0.25, 0.3) is 5.57 Å². The number of aliphatic hydroxyl groups excluding tert-OH is 1. The van der Waals surface area contributed by atoms with Gasteiger partial charge in [0.05, 0.1) is 23.8 Å². The van der Waals surface area contributed by atoms with Crippen LogP contribution in [0.2, 0.25) is 0 Å². The van der Waals surface area contributed by atoms with Crippen LogP contribution in [0, 0.1) is 0 Å². The molecule has 1 aromatic heterocycles. The van der Waals surface area contributed by atoms with Crippen molar-refractivity contribution in [1.82, 2.24) is 0 Å². The van der Waals surface area contributed by atoms with Crippen LogP contribution in [0.15, 0.2) is 47.4 Å². The topological polar surface area (TPSA) is 36.5 Å². The minimum Gasteiger partial charge on any atom is -1.00 e. The molecule has 0 bridgehead atoms. The van der Waals surface area contributed by atoms with E-state index in [0.717, 1.165) is 16.7 Å². The molecule has 0 fully saturated rings. The molecular weight excluding hydrogens is 271 g/mol. The summed E-state index contributed by atoms with van der Waals surface area (Å²) in [5, 5.41) is 8.98. The van der Waals surface area contributed by atoms with Crippen molar-refractivity contribution in [3.63, 3.8) is 0 Å². The highest BCUT2D eigenvalue weighted by molar-refractivity contribution is 5.96. The number of pyridine rings is 1. The fourth-order valence-corrected chi connectivity index (χ4v) is 1.64. The lowest BCUT2D eigenvalue weighted by Crippen LogP contribution is -3.00. The second-order valence-corrected chi connectivity index (χ2v) is 3.67. The molecule has 0 radical (unpaired) electrons. The van der Waals surface area contributed by atoms with Gasteiger partial charge in [-0.25, -0.2) is 4.57 Å². The van der Waals surface area contributed by atoms with Gasteiger partial charge in [0.25, 0.3) is 0 Å². The quantitative estimate of drug-likeness (QED) is 0.439. The zero-order valence-corrected chi connectivity index (χ0v) is 11.5. The van der Waals surface area contributed by atoms with Crippen molar-refractivity contribution < 1.29 is 34.5 Å². The summed E-state index contributed by atoms with van der Waals surface area (Å²) in [6.07, 6.45) is 11.2. The van der Waals surface area contributed by atoms with Gasteiger partial charge in [0.2, 0.25) is 0 Å². The molecule has 96 valence electrons. The maximum atomic E-state index is 8.98. The first kappa shape index (κ1) is 16.8. The van der Waals surface area contributed by atoms with E-state index in [4.69, 9.17) is 5.11 Å². The maximum Gasteiger partial charge on any atom is 0.170 e. The Morgan fingerprint density at radius 2 is 1.94 bits per heavy atom. The molecular formula is C13H14Cl2N2O. The molecule has 0 saturated heterocycles. The van der Waals surface area contributed by atoms with E-state index < -0.39 is 0 Å². The van der Waals surface area contributed by atoms with E-state index in [1.54, 1.807) is 6.20 Å². The molecule has 0 spiro atoms. The van der Waals surface area contributed by atoms with Gasteiger partial charge in [-0.1, -0.05) is 4.99 Å². The number of aliphatic imine (C=N–C) groups is 1. The second-order valence-electron chi connectivity index (χ2n) is 3.67. The molecule has 3 nitrogen and oxygen atoms in total. The van der Waals surface area contributed by atoms with Crippen LogP contribution in [0.5, 0.6) is 0 Å². The maximum absolute atomic E-state index is 8.98. The zero-order chi connectivity index (χ0) is 11.4. The molecule has 0 aromatic carbocycles. The molecule has 2 rings (SSSR count). The molecule has 1 N–H and O–H groups in total. The number of hydrogen-bond donors (Lipinski definition) is 1. The molecule has 1 aliphatic heterocycles. The minimum absolute atomic E-state index is 0. The van der Waals surface area contributed by atoms with Crippen molar-refractivity contribution >= 4 is 11.8 Å². The number of aromatic nitrogens is 1. The lowest BCUT2D eigenvalue weighted by Gasteiger charge is -2.01. The van der Waals surface area contributed by atoms with Crippen LogP contribution < -0.4 is 29.4 Å². The summed E-state index contributed by atoms with van der Waals surface area (Å²) in [6, 6.07) is 4.09. The van der Waals surface area contributed by atoms with Crippen LogP contribution in [0.3, 0.4) is 0 Å². The van der Waals surface area contributed by atoms with Gasteiger partial charge >= 0.3 is 0 Å². The van der Waals surface area contributed by atoms with Crippen molar-refractivity contribution in [3.05, 3.63) is 47.9 Å². The lowest BCUT2D eigenvalue weighted by molar-refractivity contribution is -0.671. The first-order valence-corrected chi connectivity index (χ1v) is 5.23. The van der Waals surface area contributed by atoms with Crippen molar-refractivity contribution in [2.75, 3.05) is 6.61 Å². The van der Waals surface area contributed by atoms with E-state index in [2.05, 4.69) is 11.2 Å². The van der Waals surface area contributed by atoms with Gasteiger partial charge in [0.1, 0.15) is 18.8 Å². The second kappa shape index (κ2) is 7.96. The van der Waals surface area contributed by atoms with E-state index in [9.17, 15) is 0 Å². The fraction of sp³-hybridized carbons (Fsp3) is 0.231. The first-order valence-electron chi connectivity index (χ1n) is 5.23. The molecule has 1 aromatic rings. The van der Waals surface area contributed by atoms with Gasteiger partial charge in [-0.3, -0.25) is 0 Å². The van der Waals surface area contributed by atoms with Gasteiger partial charge in [0.15, 0.2) is 18.6 Å². The van der Waals surface area contributed by atoms with Gasteiger partial charge in [0, 0.05) is 18.6 Å². The highest BCUT2D eigenvalue weighted by Crippen LogP contribution is 2.22. The SMILES string of the molecule is C[n+]1ccc(C2=C(CCO)[C+]=NC=C2)cc1.[Cl-].[Cl-]. The number of hydrogen-bond acceptors (Lipinski definition) is 2. The van der Waals surface area contributed by atoms with Crippen molar-refractivity contribution in [2.45, 2.75) is 6.42 Å². The van der Waals surface area contributed by atoms with Crippen LogP contribution in [-0.4, -0.2) is 17.9 Å². The molecule has 0 aliphatic carbocycles. The van der Waals surface area contributed by atoms with Gasteiger partial charge in [-0.15, -0.1) is 0 Å². The zero-order valence-electron chi connectivity index (χ0n) is 9.98. The Labute approximate surface area is 119 Å². The summed E-state index contributed by atoms with van der Waals surface area (Å²) in [5.74, 6) is 0. The predicted molar refractivity (Wildman–Crippen MR) is 62.8 cm³/mol. The van der Waals surface area contributed by atoms with Crippen molar-refractivity contribution in [3.8, 4) is 0 Å². The predicted octanol–water partition coefficient (Wildman–Crippen LogP) is -4.87. The third-order valence-electron chi connectivity index (χ3n) is 2.49. The Hall–Kier alpha value is -1.25. The normalized spacial score (nSPS) is 12.6. The van der Waals surface area contributed by atoms with Crippen molar-refractivity contribution in [2.24, 2.45) is 12.0 Å². The number of aryl methyl sites for hydroxylation is 1. The van der Waals surface area contributed by atoms with E-state index in [1.807, 2.05) is 42.2 Å². The average molecular weight is 285 g/mol. The Balaban J connectivity index is 0.00000144. The third-order valence-corrected chi connectivity index (χ3v) is 2.49. The van der Waals surface area contributed by atoms with Crippen LogP contribution in [-0.2, 0) is 7.05 Å². The summed E-state index contributed by atoms with van der Waals surface area (Å²) in [6.45, 7) is 0.121. The molecule has 1 aliphatic rings. The van der Waals surface area contributed by atoms with E-state index in [1.165, 1.54) is 0 Å². The highest BCUT2D eigenvalue weighted by Gasteiger charge is 2.17. The smallest absolute Gasteiger partial charge is 0.170 e. The average Bonchev–Trinajstić information content (AvgIpc) is 2.32. The molecule has 2 heterocycles. The third kappa shape index (κ3) is 3.90. The minimum atomic E-state index is 0. The number of halogens is 2. The first-order chi connectivity index (χ1) is 7.81. The summed E-state index contributed by atoms with van der Waals surface area (Å²) in [4.78, 5) is 3.97. The van der Waals surface area contributed by atoms with Gasteiger partial charge in [-0.2, -0.15) is 0 Å². The number of aliphatic hydroxyl groups is 1. The molecule has 0 amide bonds. The standard InChI is InChI=1S/C13H14N2O.2ClH/c1-15-7-3-11(4-8-15)13-2-6-14-10-12(13)5-9-16;;/h2-4,6-8,16H,5,9H2,1H3;2*1H/q+2;;/p-2. The molecule has 0 atom stereocenters. The fourth-order valence-electron chi connectivity index (χ4n) is 1.64. The van der Waals surface area contributed by atoms with Crippen LogP contribution in [0.1, 0.15) is 12.0 Å². The number of rotatable bonds is 3.